The van der Waals surface area contributed by atoms with E-state index >= 15 is 0 Å². The average molecular weight is 261 g/mol. The summed E-state index contributed by atoms with van der Waals surface area (Å²) in [4.78, 5) is 0. The fraction of sp³-hybridized carbons (Fsp3) is 0.357. The fourth-order valence-electron chi connectivity index (χ4n) is 1.75. The molecule has 2 N–H and O–H groups in total. The topological polar surface area (TPSA) is 62.3 Å². The largest absolute Gasteiger partial charge is 0.490 e. The summed E-state index contributed by atoms with van der Waals surface area (Å²) in [6, 6.07) is 7.66. The summed E-state index contributed by atoms with van der Waals surface area (Å²) in [5, 5.41) is 4.12. The first-order chi connectivity index (χ1) is 9.33. The Kier molecular flexibility index (Phi) is 4.80. The predicted molar refractivity (Wildman–Crippen MR) is 73.2 cm³/mol. The number of rotatable bonds is 7. The van der Waals surface area contributed by atoms with E-state index in [9.17, 15) is 0 Å². The van der Waals surface area contributed by atoms with E-state index in [4.69, 9.17) is 15.2 Å². The van der Waals surface area contributed by atoms with Gasteiger partial charge in [-0.05, 0) is 30.7 Å². The van der Waals surface area contributed by atoms with E-state index in [1.165, 1.54) is 0 Å². The van der Waals surface area contributed by atoms with E-state index in [-0.39, 0.29) is 0 Å². The second kappa shape index (κ2) is 6.80. The van der Waals surface area contributed by atoms with Gasteiger partial charge in [-0.3, -0.25) is 4.68 Å². The highest BCUT2D eigenvalue weighted by Crippen LogP contribution is 2.28. The van der Waals surface area contributed by atoms with Crippen LogP contribution < -0.4 is 15.2 Å². The lowest BCUT2D eigenvalue weighted by Crippen LogP contribution is -2.09. The Morgan fingerprint density at radius 3 is 2.84 bits per heavy atom. The molecule has 0 atom stereocenters. The molecule has 5 heteroatoms. The van der Waals surface area contributed by atoms with Crippen molar-refractivity contribution < 1.29 is 9.47 Å². The highest BCUT2D eigenvalue weighted by atomic mass is 16.5. The van der Waals surface area contributed by atoms with Crippen molar-refractivity contribution in [2.75, 3.05) is 13.2 Å². The average Bonchev–Trinajstić information content (AvgIpc) is 2.94. The highest BCUT2D eigenvalue weighted by Gasteiger charge is 2.06. The second-order valence-corrected chi connectivity index (χ2v) is 4.04. The number of hydrogen-bond donors (Lipinski definition) is 1. The predicted octanol–water partition coefficient (Wildman–Crippen LogP) is 1.82. The summed E-state index contributed by atoms with van der Waals surface area (Å²) in [5.41, 5.74) is 6.65. The first kappa shape index (κ1) is 13.4. The minimum Gasteiger partial charge on any atom is -0.490 e. The molecule has 1 heterocycles. The van der Waals surface area contributed by atoms with Gasteiger partial charge in [0, 0.05) is 18.9 Å². The van der Waals surface area contributed by atoms with Crippen LogP contribution in [0.15, 0.2) is 36.7 Å². The van der Waals surface area contributed by atoms with Crippen LogP contribution in [0.2, 0.25) is 0 Å². The van der Waals surface area contributed by atoms with E-state index in [0.717, 1.165) is 17.1 Å². The summed E-state index contributed by atoms with van der Waals surface area (Å²) >= 11 is 0. The molecule has 2 aromatic rings. The van der Waals surface area contributed by atoms with Crippen molar-refractivity contribution in [2.45, 2.75) is 20.0 Å². The molecule has 0 bridgehead atoms. The van der Waals surface area contributed by atoms with Crippen LogP contribution in [0.5, 0.6) is 11.5 Å². The van der Waals surface area contributed by atoms with Crippen molar-refractivity contribution in [1.82, 2.24) is 9.78 Å². The molecule has 1 aromatic heterocycles. The van der Waals surface area contributed by atoms with Crippen LogP contribution in [0.25, 0.3) is 0 Å². The van der Waals surface area contributed by atoms with Crippen LogP contribution in [0.3, 0.4) is 0 Å². The van der Waals surface area contributed by atoms with Crippen LogP contribution in [0.4, 0.5) is 0 Å². The Morgan fingerprint density at radius 1 is 1.26 bits per heavy atom. The van der Waals surface area contributed by atoms with Crippen molar-refractivity contribution >= 4 is 0 Å². The van der Waals surface area contributed by atoms with Gasteiger partial charge in [-0.15, -0.1) is 0 Å². The summed E-state index contributed by atoms with van der Waals surface area (Å²) in [6.45, 7) is 4.29. The van der Waals surface area contributed by atoms with Crippen LogP contribution in [-0.4, -0.2) is 23.0 Å². The third-order valence-corrected chi connectivity index (χ3v) is 2.68. The molecule has 0 aliphatic heterocycles. The van der Waals surface area contributed by atoms with Crippen molar-refractivity contribution in [3.63, 3.8) is 0 Å². The monoisotopic (exact) mass is 261 g/mol. The van der Waals surface area contributed by atoms with Gasteiger partial charge in [0.25, 0.3) is 0 Å². The van der Waals surface area contributed by atoms with E-state index in [0.29, 0.717) is 26.3 Å². The lowest BCUT2D eigenvalue weighted by molar-refractivity contribution is 0.262. The molecule has 1 aromatic carbocycles. The summed E-state index contributed by atoms with van der Waals surface area (Å²) in [6.07, 6.45) is 3.66. The van der Waals surface area contributed by atoms with Crippen LogP contribution in [0, 0.1) is 0 Å². The Bertz CT molecular complexity index is 497. The number of nitrogens with zero attached hydrogens (tertiary/aromatic N) is 2. The molecule has 0 unspecified atom stereocenters. The first-order valence-electron chi connectivity index (χ1n) is 6.39. The van der Waals surface area contributed by atoms with Crippen molar-refractivity contribution in [3.8, 4) is 11.5 Å². The molecule has 0 amide bonds. The van der Waals surface area contributed by atoms with Crippen molar-refractivity contribution in [3.05, 3.63) is 42.2 Å². The summed E-state index contributed by atoms with van der Waals surface area (Å²) in [5.74, 6) is 1.48. The maximum absolute atomic E-state index is 5.74. The van der Waals surface area contributed by atoms with Crippen LogP contribution in [-0.2, 0) is 13.1 Å². The quantitative estimate of drug-likeness (QED) is 0.825. The number of benzene rings is 1. The zero-order chi connectivity index (χ0) is 13.5. The fourth-order valence-corrected chi connectivity index (χ4v) is 1.75. The third-order valence-electron chi connectivity index (χ3n) is 2.68. The van der Waals surface area contributed by atoms with Gasteiger partial charge in [0.1, 0.15) is 6.61 Å². The van der Waals surface area contributed by atoms with Crippen LogP contribution in [0.1, 0.15) is 12.5 Å². The zero-order valence-corrected chi connectivity index (χ0v) is 11.1. The smallest absolute Gasteiger partial charge is 0.161 e. The summed E-state index contributed by atoms with van der Waals surface area (Å²) in [7, 11) is 0. The van der Waals surface area contributed by atoms with E-state index < -0.39 is 0 Å². The minimum absolute atomic E-state index is 0.494. The zero-order valence-electron chi connectivity index (χ0n) is 11.1. The molecule has 5 nitrogen and oxygen atoms in total. The molecule has 102 valence electrons. The summed E-state index contributed by atoms with van der Waals surface area (Å²) < 4.78 is 13.1. The highest BCUT2D eigenvalue weighted by molar-refractivity contribution is 5.43. The van der Waals surface area contributed by atoms with Gasteiger partial charge in [-0.2, -0.15) is 5.10 Å². The molecule has 19 heavy (non-hydrogen) atoms. The Balaban J connectivity index is 1.98. The Morgan fingerprint density at radius 2 is 2.16 bits per heavy atom. The van der Waals surface area contributed by atoms with Gasteiger partial charge in [-0.1, -0.05) is 6.07 Å². The standard InChI is InChI=1S/C14H19N3O2/c1-2-18-14-10-12(11-15)4-5-13(14)19-9-8-17-7-3-6-16-17/h3-7,10H,2,8-9,11,15H2,1H3. The molecule has 0 radical (unpaired) electrons. The molecule has 0 saturated carbocycles. The Labute approximate surface area is 112 Å². The van der Waals surface area contributed by atoms with E-state index in [1.54, 1.807) is 6.20 Å². The normalized spacial score (nSPS) is 10.4. The lowest BCUT2D eigenvalue weighted by Gasteiger charge is -2.13. The van der Waals surface area contributed by atoms with Gasteiger partial charge in [-0.25, -0.2) is 0 Å². The molecule has 0 spiro atoms. The number of nitrogens with two attached hydrogens (primary N) is 1. The third kappa shape index (κ3) is 3.72. The maximum atomic E-state index is 5.74. The van der Waals surface area contributed by atoms with Crippen molar-refractivity contribution in [1.29, 1.82) is 0 Å². The SMILES string of the molecule is CCOc1cc(CN)ccc1OCCn1cccn1. The number of ether oxygens (including phenoxy) is 2. The van der Waals surface area contributed by atoms with Crippen molar-refractivity contribution in [2.24, 2.45) is 5.73 Å². The molecular weight excluding hydrogens is 242 g/mol. The Hall–Kier alpha value is -2.01. The van der Waals surface area contributed by atoms with E-state index in [2.05, 4.69) is 5.10 Å². The maximum Gasteiger partial charge on any atom is 0.161 e. The second-order valence-electron chi connectivity index (χ2n) is 4.04. The van der Waals surface area contributed by atoms with E-state index in [1.807, 2.05) is 42.1 Å². The van der Waals surface area contributed by atoms with Gasteiger partial charge in [0.2, 0.25) is 0 Å². The molecule has 0 fully saturated rings. The first-order valence-corrected chi connectivity index (χ1v) is 6.39. The molecule has 0 saturated heterocycles. The molecular formula is C14H19N3O2. The minimum atomic E-state index is 0.494. The van der Waals surface area contributed by atoms with Gasteiger partial charge in [0.05, 0.1) is 13.2 Å². The van der Waals surface area contributed by atoms with Crippen LogP contribution >= 0.6 is 0 Å². The van der Waals surface area contributed by atoms with Gasteiger partial charge < -0.3 is 15.2 Å². The molecule has 0 aliphatic rings. The molecule has 2 rings (SSSR count). The van der Waals surface area contributed by atoms with Gasteiger partial charge in [0.15, 0.2) is 11.5 Å². The lowest BCUT2D eigenvalue weighted by atomic mass is 10.2. The number of aromatic nitrogens is 2. The van der Waals surface area contributed by atoms with Gasteiger partial charge >= 0.3 is 0 Å². The number of hydrogen-bond acceptors (Lipinski definition) is 4. The molecule has 0 aliphatic carbocycles.